The van der Waals surface area contributed by atoms with Crippen molar-refractivity contribution >= 4 is 6.03 Å². The van der Waals surface area contributed by atoms with Crippen molar-refractivity contribution in [1.29, 1.82) is 0 Å². The molecule has 1 aromatic carbocycles. The minimum Gasteiger partial charge on any atom is -0.395 e. The Morgan fingerprint density at radius 1 is 1.04 bits per heavy atom. The molecule has 1 aromatic rings. The van der Waals surface area contributed by atoms with Crippen molar-refractivity contribution in [2.75, 3.05) is 59.0 Å². The Bertz CT molecular complexity index is 553. The molecule has 2 saturated heterocycles. The van der Waals surface area contributed by atoms with Gasteiger partial charge in [-0.15, -0.1) is 0 Å². The van der Waals surface area contributed by atoms with Gasteiger partial charge in [0.15, 0.2) is 0 Å². The molecule has 0 radical (unpaired) electrons. The Morgan fingerprint density at radius 3 is 2.41 bits per heavy atom. The molecule has 2 aliphatic heterocycles. The van der Waals surface area contributed by atoms with Crippen LogP contribution in [-0.4, -0.2) is 90.8 Å². The third kappa shape index (κ3) is 6.19. The van der Waals surface area contributed by atoms with Crippen LogP contribution in [0.4, 0.5) is 4.79 Å². The molecule has 2 fully saturated rings. The van der Waals surface area contributed by atoms with Crippen LogP contribution in [0.2, 0.25) is 0 Å². The molecule has 150 valence electrons. The first-order chi connectivity index (χ1) is 13.3. The van der Waals surface area contributed by atoms with Gasteiger partial charge < -0.3 is 15.3 Å². The quantitative estimate of drug-likeness (QED) is 0.709. The zero-order chi connectivity index (χ0) is 18.9. The maximum absolute atomic E-state index is 12.4. The van der Waals surface area contributed by atoms with E-state index in [2.05, 4.69) is 39.4 Å². The minimum absolute atomic E-state index is 0.0919. The summed E-state index contributed by atoms with van der Waals surface area (Å²) >= 11 is 0. The number of piperidine rings is 1. The lowest BCUT2D eigenvalue weighted by atomic mass is 10.0. The number of carbonyl (C=O) groups excluding carboxylic acids is 1. The summed E-state index contributed by atoms with van der Waals surface area (Å²) in [4.78, 5) is 19.3. The van der Waals surface area contributed by atoms with Crippen molar-refractivity contribution < 1.29 is 9.90 Å². The smallest absolute Gasteiger partial charge is 0.317 e. The second-order valence-electron chi connectivity index (χ2n) is 7.64. The van der Waals surface area contributed by atoms with Gasteiger partial charge in [0.25, 0.3) is 0 Å². The van der Waals surface area contributed by atoms with Crippen LogP contribution in [0.5, 0.6) is 0 Å². The number of nitrogens with one attached hydrogen (secondary N) is 1. The van der Waals surface area contributed by atoms with E-state index >= 15 is 0 Å². The molecule has 0 unspecified atom stereocenters. The van der Waals surface area contributed by atoms with Gasteiger partial charge in [0.05, 0.1) is 6.61 Å². The van der Waals surface area contributed by atoms with Crippen molar-refractivity contribution in [2.24, 2.45) is 0 Å². The first kappa shape index (κ1) is 20.1. The molecule has 2 heterocycles. The first-order valence-corrected chi connectivity index (χ1v) is 10.4. The number of urea groups is 1. The SMILES string of the molecule is O=C(NCCCc1ccccc1)N1CCC(N2CCN(CCO)CC2)CC1. The fourth-order valence-corrected chi connectivity index (χ4v) is 4.17. The number of benzene rings is 1. The number of amides is 2. The van der Waals surface area contributed by atoms with Crippen LogP contribution in [0.1, 0.15) is 24.8 Å². The Hall–Kier alpha value is -1.63. The van der Waals surface area contributed by atoms with E-state index in [1.807, 2.05) is 11.0 Å². The Labute approximate surface area is 163 Å². The molecule has 0 atom stereocenters. The predicted octanol–water partition coefficient (Wildman–Crippen LogP) is 1.40. The second-order valence-corrected chi connectivity index (χ2v) is 7.64. The number of rotatable bonds is 7. The molecule has 0 bridgehead atoms. The summed E-state index contributed by atoms with van der Waals surface area (Å²) in [7, 11) is 0. The van der Waals surface area contributed by atoms with Crippen LogP contribution in [-0.2, 0) is 6.42 Å². The number of β-amino-alcohol motifs (C(OH)–C–C–N with tert-alkyl or cyclic N) is 1. The molecule has 0 aliphatic carbocycles. The Balaban J connectivity index is 1.30. The third-order valence-corrected chi connectivity index (χ3v) is 5.85. The summed E-state index contributed by atoms with van der Waals surface area (Å²) in [6.45, 7) is 7.73. The van der Waals surface area contributed by atoms with Gasteiger partial charge >= 0.3 is 6.03 Å². The predicted molar refractivity (Wildman–Crippen MR) is 108 cm³/mol. The van der Waals surface area contributed by atoms with Crippen LogP contribution < -0.4 is 5.32 Å². The number of hydrogen-bond donors (Lipinski definition) is 2. The average molecular weight is 375 g/mol. The molecule has 6 heteroatoms. The summed E-state index contributed by atoms with van der Waals surface area (Å²) in [5.74, 6) is 0. The summed E-state index contributed by atoms with van der Waals surface area (Å²) in [6.07, 6.45) is 4.12. The molecule has 2 N–H and O–H groups in total. The van der Waals surface area contributed by atoms with Crippen LogP contribution in [0.3, 0.4) is 0 Å². The van der Waals surface area contributed by atoms with Gasteiger partial charge in [0.2, 0.25) is 0 Å². The monoisotopic (exact) mass is 374 g/mol. The van der Waals surface area contributed by atoms with Gasteiger partial charge in [-0.1, -0.05) is 30.3 Å². The number of aliphatic hydroxyl groups is 1. The molecular weight excluding hydrogens is 340 g/mol. The van der Waals surface area contributed by atoms with Crippen molar-refractivity contribution in [1.82, 2.24) is 20.0 Å². The number of aliphatic hydroxyl groups excluding tert-OH is 1. The van der Waals surface area contributed by atoms with Gasteiger partial charge in [-0.3, -0.25) is 9.80 Å². The maximum atomic E-state index is 12.4. The summed E-state index contributed by atoms with van der Waals surface area (Å²) in [5.41, 5.74) is 1.33. The Morgan fingerprint density at radius 2 is 1.74 bits per heavy atom. The highest BCUT2D eigenvalue weighted by Gasteiger charge is 2.28. The van der Waals surface area contributed by atoms with Crippen LogP contribution in [0.25, 0.3) is 0 Å². The molecule has 2 aliphatic rings. The number of piperazine rings is 1. The van der Waals surface area contributed by atoms with E-state index in [-0.39, 0.29) is 12.6 Å². The zero-order valence-corrected chi connectivity index (χ0v) is 16.4. The second kappa shape index (κ2) is 10.6. The first-order valence-electron chi connectivity index (χ1n) is 10.4. The maximum Gasteiger partial charge on any atom is 0.317 e. The van der Waals surface area contributed by atoms with E-state index in [0.717, 1.165) is 78.0 Å². The molecule has 2 amide bonds. The van der Waals surface area contributed by atoms with Crippen LogP contribution in [0.15, 0.2) is 30.3 Å². The normalized spacial score (nSPS) is 20.0. The van der Waals surface area contributed by atoms with E-state index in [0.29, 0.717) is 6.04 Å². The lowest BCUT2D eigenvalue weighted by molar-refractivity contribution is 0.0587. The van der Waals surface area contributed by atoms with E-state index in [1.54, 1.807) is 0 Å². The molecular formula is C21H34N4O2. The molecule has 6 nitrogen and oxygen atoms in total. The zero-order valence-electron chi connectivity index (χ0n) is 16.4. The molecule has 27 heavy (non-hydrogen) atoms. The van der Waals surface area contributed by atoms with Crippen molar-refractivity contribution in [2.45, 2.75) is 31.7 Å². The molecule has 0 saturated carbocycles. The highest BCUT2D eigenvalue weighted by Crippen LogP contribution is 2.18. The van der Waals surface area contributed by atoms with Crippen molar-refractivity contribution in [3.63, 3.8) is 0 Å². The Kier molecular flexibility index (Phi) is 7.93. The molecule has 0 spiro atoms. The number of aryl methyl sites for hydroxylation is 1. The topological polar surface area (TPSA) is 59.1 Å². The number of nitrogens with zero attached hydrogens (tertiary/aromatic N) is 3. The standard InChI is InChI=1S/C21H34N4O2/c26-18-17-23-13-15-24(16-14-23)20-8-11-25(12-9-20)21(27)22-10-4-7-19-5-2-1-3-6-19/h1-3,5-6,20,26H,4,7-18H2,(H,22,27). The number of hydrogen-bond acceptors (Lipinski definition) is 4. The summed E-state index contributed by atoms with van der Waals surface area (Å²) in [5, 5.41) is 12.1. The van der Waals surface area contributed by atoms with Gasteiger partial charge in [-0.2, -0.15) is 0 Å². The molecule has 3 rings (SSSR count). The number of carbonyl (C=O) groups is 1. The highest BCUT2D eigenvalue weighted by atomic mass is 16.3. The fraction of sp³-hybridized carbons (Fsp3) is 0.667. The van der Waals surface area contributed by atoms with Gasteiger partial charge in [-0.25, -0.2) is 4.79 Å². The van der Waals surface area contributed by atoms with Crippen molar-refractivity contribution in [3.05, 3.63) is 35.9 Å². The van der Waals surface area contributed by atoms with E-state index in [4.69, 9.17) is 5.11 Å². The van der Waals surface area contributed by atoms with Crippen LogP contribution in [0, 0.1) is 0 Å². The minimum atomic E-state index is 0.0919. The summed E-state index contributed by atoms with van der Waals surface area (Å²) < 4.78 is 0. The highest BCUT2D eigenvalue weighted by molar-refractivity contribution is 5.74. The van der Waals surface area contributed by atoms with Crippen molar-refractivity contribution in [3.8, 4) is 0 Å². The van der Waals surface area contributed by atoms with Gasteiger partial charge in [0.1, 0.15) is 0 Å². The average Bonchev–Trinajstić information content (AvgIpc) is 2.73. The van der Waals surface area contributed by atoms with Gasteiger partial charge in [0, 0.05) is 58.4 Å². The van der Waals surface area contributed by atoms with Crippen LogP contribution >= 0.6 is 0 Å². The lowest BCUT2D eigenvalue weighted by Crippen LogP contribution is -2.54. The largest absolute Gasteiger partial charge is 0.395 e. The molecule has 0 aromatic heterocycles. The van der Waals surface area contributed by atoms with Gasteiger partial charge in [-0.05, 0) is 31.2 Å². The fourth-order valence-electron chi connectivity index (χ4n) is 4.17. The number of likely N-dealkylation sites (tertiary alicyclic amines) is 1. The summed E-state index contributed by atoms with van der Waals surface area (Å²) in [6, 6.07) is 11.1. The van der Waals surface area contributed by atoms with E-state index in [9.17, 15) is 4.79 Å². The third-order valence-electron chi connectivity index (χ3n) is 5.85. The lowest BCUT2D eigenvalue weighted by Gasteiger charge is -2.42. The van der Waals surface area contributed by atoms with E-state index < -0.39 is 0 Å². The van der Waals surface area contributed by atoms with E-state index in [1.165, 1.54) is 5.56 Å².